The maximum absolute atomic E-state index is 9.10. The lowest BCUT2D eigenvalue weighted by Crippen LogP contribution is -2.34. The molecule has 0 spiro atoms. The number of aromatic nitrogens is 2. The largest absolute Gasteiger partial charge is 0.395 e. The summed E-state index contributed by atoms with van der Waals surface area (Å²) in [6, 6.07) is 8.16. The molecule has 1 aromatic carbocycles. The van der Waals surface area contributed by atoms with Gasteiger partial charge in [0.2, 0.25) is 5.95 Å². The maximum Gasteiger partial charge on any atom is 0.225 e. The van der Waals surface area contributed by atoms with E-state index in [1.165, 1.54) is 19.3 Å². The third kappa shape index (κ3) is 4.81. The number of nitrogens with one attached hydrogen (secondary N) is 1. The van der Waals surface area contributed by atoms with Crippen LogP contribution in [0, 0.1) is 0 Å². The smallest absolute Gasteiger partial charge is 0.225 e. The zero-order chi connectivity index (χ0) is 18.2. The van der Waals surface area contributed by atoms with Crippen LogP contribution in [0.25, 0.3) is 10.9 Å². The molecule has 1 fully saturated rings. The molecule has 7 heteroatoms. The first-order valence-electron chi connectivity index (χ1n) is 9.51. The van der Waals surface area contributed by atoms with E-state index in [-0.39, 0.29) is 13.2 Å². The maximum atomic E-state index is 9.10. The van der Waals surface area contributed by atoms with Crippen LogP contribution in [-0.4, -0.2) is 77.6 Å². The quantitative estimate of drug-likeness (QED) is 0.623. The van der Waals surface area contributed by atoms with Crippen molar-refractivity contribution in [1.29, 1.82) is 0 Å². The van der Waals surface area contributed by atoms with Gasteiger partial charge in [-0.15, -0.1) is 0 Å². The van der Waals surface area contributed by atoms with Crippen LogP contribution < -0.4 is 10.2 Å². The lowest BCUT2D eigenvalue weighted by Gasteiger charge is -2.29. The fraction of sp³-hybridized carbons (Fsp3) is 0.579. The Morgan fingerprint density at radius 1 is 0.962 bits per heavy atom. The molecule has 1 aliphatic heterocycles. The predicted molar refractivity (Wildman–Crippen MR) is 105 cm³/mol. The molecule has 1 saturated heterocycles. The highest BCUT2D eigenvalue weighted by atomic mass is 16.3. The van der Waals surface area contributed by atoms with Crippen molar-refractivity contribution in [3.63, 3.8) is 0 Å². The van der Waals surface area contributed by atoms with Crippen LogP contribution in [-0.2, 0) is 0 Å². The van der Waals surface area contributed by atoms with E-state index < -0.39 is 0 Å². The summed E-state index contributed by atoms with van der Waals surface area (Å²) in [6.07, 6.45) is 3.70. The molecule has 3 N–H and O–H groups in total. The van der Waals surface area contributed by atoms with Gasteiger partial charge in [-0.2, -0.15) is 4.98 Å². The summed E-state index contributed by atoms with van der Waals surface area (Å²) in [7, 11) is 0. The second kappa shape index (κ2) is 9.66. The van der Waals surface area contributed by atoms with Crippen molar-refractivity contribution in [1.82, 2.24) is 14.9 Å². The molecule has 0 bridgehead atoms. The van der Waals surface area contributed by atoms with E-state index in [2.05, 4.69) is 21.3 Å². The van der Waals surface area contributed by atoms with Crippen LogP contribution in [0.3, 0.4) is 0 Å². The Labute approximate surface area is 154 Å². The summed E-state index contributed by atoms with van der Waals surface area (Å²) in [5, 5.41) is 22.6. The highest BCUT2D eigenvalue weighted by Crippen LogP contribution is 2.27. The Balaban J connectivity index is 1.73. The number of piperidine rings is 1. The molecule has 0 aliphatic carbocycles. The van der Waals surface area contributed by atoms with E-state index in [9.17, 15) is 0 Å². The molecule has 0 unspecified atom stereocenters. The number of para-hydroxylation sites is 1. The summed E-state index contributed by atoms with van der Waals surface area (Å²) in [4.78, 5) is 13.8. The Hall–Kier alpha value is -1.96. The molecule has 3 rings (SSSR count). The first kappa shape index (κ1) is 18.8. The van der Waals surface area contributed by atoms with Gasteiger partial charge in [0.25, 0.3) is 0 Å². The van der Waals surface area contributed by atoms with Gasteiger partial charge in [0.15, 0.2) is 0 Å². The van der Waals surface area contributed by atoms with Crippen molar-refractivity contribution in [2.75, 3.05) is 62.7 Å². The van der Waals surface area contributed by atoms with Gasteiger partial charge >= 0.3 is 0 Å². The Kier molecular flexibility index (Phi) is 6.99. The molecule has 0 saturated carbocycles. The first-order valence-corrected chi connectivity index (χ1v) is 9.51. The van der Waals surface area contributed by atoms with Crippen molar-refractivity contribution < 1.29 is 10.2 Å². The average molecular weight is 359 g/mol. The van der Waals surface area contributed by atoms with Gasteiger partial charge in [0.1, 0.15) is 5.82 Å². The topological polar surface area (TPSA) is 84.8 Å². The standard InChI is InChI=1S/C19H29N5O2/c25-14-12-23(13-15-26)11-8-20-19-21-17-7-3-2-6-16(17)18(22-19)24-9-4-1-5-10-24/h2-3,6-7,25-26H,1,4-5,8-15H2,(H,20,21,22). The molecular weight excluding hydrogens is 330 g/mol. The Morgan fingerprint density at radius 3 is 2.42 bits per heavy atom. The number of hydrogen-bond acceptors (Lipinski definition) is 7. The molecule has 1 aliphatic rings. The Morgan fingerprint density at radius 2 is 1.69 bits per heavy atom. The molecule has 0 radical (unpaired) electrons. The number of anilines is 2. The van der Waals surface area contributed by atoms with Crippen molar-refractivity contribution in [3.8, 4) is 0 Å². The van der Waals surface area contributed by atoms with Crippen LogP contribution in [0.5, 0.6) is 0 Å². The summed E-state index contributed by atoms with van der Waals surface area (Å²) < 4.78 is 0. The monoisotopic (exact) mass is 359 g/mol. The number of fused-ring (bicyclic) bond motifs is 1. The highest BCUT2D eigenvalue weighted by molar-refractivity contribution is 5.90. The number of aliphatic hydroxyl groups excluding tert-OH is 2. The van der Waals surface area contributed by atoms with E-state index in [4.69, 9.17) is 15.2 Å². The average Bonchev–Trinajstić information content (AvgIpc) is 2.68. The lowest BCUT2D eigenvalue weighted by atomic mass is 10.1. The van der Waals surface area contributed by atoms with Gasteiger partial charge in [-0.25, -0.2) is 4.98 Å². The van der Waals surface area contributed by atoms with E-state index in [0.29, 0.717) is 25.6 Å². The van der Waals surface area contributed by atoms with Crippen LogP contribution in [0.15, 0.2) is 24.3 Å². The molecule has 0 amide bonds. The fourth-order valence-electron chi connectivity index (χ4n) is 3.43. The summed E-state index contributed by atoms with van der Waals surface area (Å²) in [5.74, 6) is 1.65. The second-order valence-corrected chi connectivity index (χ2v) is 6.65. The van der Waals surface area contributed by atoms with E-state index in [1.807, 2.05) is 23.1 Å². The minimum Gasteiger partial charge on any atom is -0.395 e. The van der Waals surface area contributed by atoms with Gasteiger partial charge in [0, 0.05) is 44.7 Å². The SMILES string of the molecule is OCCN(CCO)CCNc1nc(N2CCCCC2)c2ccccc2n1. The van der Waals surface area contributed by atoms with Crippen molar-refractivity contribution in [3.05, 3.63) is 24.3 Å². The van der Waals surface area contributed by atoms with Gasteiger partial charge in [0.05, 0.1) is 18.7 Å². The van der Waals surface area contributed by atoms with Gasteiger partial charge in [-0.05, 0) is 31.4 Å². The molecule has 0 atom stereocenters. The van der Waals surface area contributed by atoms with Crippen LogP contribution in [0.2, 0.25) is 0 Å². The first-order chi connectivity index (χ1) is 12.8. The van der Waals surface area contributed by atoms with Gasteiger partial charge in [-0.1, -0.05) is 12.1 Å². The lowest BCUT2D eigenvalue weighted by molar-refractivity contribution is 0.165. The molecule has 1 aromatic heterocycles. The highest BCUT2D eigenvalue weighted by Gasteiger charge is 2.17. The zero-order valence-corrected chi connectivity index (χ0v) is 15.3. The molecule has 26 heavy (non-hydrogen) atoms. The minimum atomic E-state index is 0.0889. The van der Waals surface area contributed by atoms with Crippen molar-refractivity contribution in [2.45, 2.75) is 19.3 Å². The number of rotatable bonds is 9. The molecule has 2 aromatic rings. The normalized spacial score (nSPS) is 15.0. The number of nitrogens with zero attached hydrogens (tertiary/aromatic N) is 4. The summed E-state index contributed by atoms with van der Waals surface area (Å²) >= 11 is 0. The van der Waals surface area contributed by atoms with Gasteiger partial charge in [-0.3, -0.25) is 4.90 Å². The Bertz CT molecular complexity index is 685. The van der Waals surface area contributed by atoms with Crippen molar-refractivity contribution >= 4 is 22.7 Å². The summed E-state index contributed by atoms with van der Waals surface area (Å²) in [6.45, 7) is 4.76. The van der Waals surface area contributed by atoms with Crippen LogP contribution >= 0.6 is 0 Å². The molecule has 2 heterocycles. The number of aliphatic hydroxyl groups is 2. The second-order valence-electron chi connectivity index (χ2n) is 6.65. The third-order valence-electron chi connectivity index (χ3n) is 4.78. The van der Waals surface area contributed by atoms with Crippen LogP contribution in [0.4, 0.5) is 11.8 Å². The predicted octanol–water partition coefficient (Wildman–Crippen LogP) is 1.32. The third-order valence-corrected chi connectivity index (χ3v) is 4.78. The van der Waals surface area contributed by atoms with Gasteiger partial charge < -0.3 is 20.4 Å². The molecular formula is C19H29N5O2. The minimum absolute atomic E-state index is 0.0889. The number of hydrogen-bond donors (Lipinski definition) is 3. The molecule has 142 valence electrons. The van der Waals surface area contributed by atoms with E-state index in [0.717, 1.165) is 36.4 Å². The summed E-state index contributed by atoms with van der Waals surface area (Å²) in [5.41, 5.74) is 0.952. The zero-order valence-electron chi connectivity index (χ0n) is 15.3. The van der Waals surface area contributed by atoms with Crippen molar-refractivity contribution in [2.24, 2.45) is 0 Å². The fourth-order valence-corrected chi connectivity index (χ4v) is 3.43. The van der Waals surface area contributed by atoms with Crippen LogP contribution in [0.1, 0.15) is 19.3 Å². The number of benzene rings is 1. The molecule has 7 nitrogen and oxygen atoms in total. The van der Waals surface area contributed by atoms with E-state index in [1.54, 1.807) is 0 Å². The van der Waals surface area contributed by atoms with E-state index >= 15 is 0 Å².